The lowest BCUT2D eigenvalue weighted by Gasteiger charge is -2.18. The summed E-state index contributed by atoms with van der Waals surface area (Å²) < 4.78 is 16.8. The van der Waals surface area contributed by atoms with Gasteiger partial charge in [0.2, 0.25) is 0 Å². The Labute approximate surface area is 368 Å². The van der Waals surface area contributed by atoms with Gasteiger partial charge in [-0.15, -0.1) is 0 Å². The van der Waals surface area contributed by atoms with E-state index >= 15 is 0 Å². The molecule has 0 N–H and O–H groups in total. The minimum absolute atomic E-state index is 0.0650. The molecule has 0 saturated heterocycles. The highest BCUT2D eigenvalue weighted by molar-refractivity contribution is 5.71. The predicted molar refractivity (Wildman–Crippen MR) is 252 cm³/mol. The molecule has 0 unspecified atom stereocenters. The molecule has 59 heavy (non-hydrogen) atoms. The third-order valence-electron chi connectivity index (χ3n) is 11.9. The van der Waals surface area contributed by atoms with E-state index in [1.165, 1.54) is 167 Å². The van der Waals surface area contributed by atoms with Crippen molar-refractivity contribution in [2.24, 2.45) is 17.8 Å². The van der Waals surface area contributed by atoms with E-state index in [1.54, 1.807) is 0 Å². The zero-order valence-electron chi connectivity index (χ0n) is 40.5. The van der Waals surface area contributed by atoms with Crippen molar-refractivity contribution in [1.82, 2.24) is 0 Å². The third-order valence-corrected chi connectivity index (χ3v) is 11.9. The predicted octanol–water partition coefficient (Wildman–Crippen LogP) is 16.8. The lowest BCUT2D eigenvalue weighted by atomic mass is 10.0. The van der Waals surface area contributed by atoms with E-state index in [-0.39, 0.29) is 31.1 Å². The first-order chi connectivity index (χ1) is 28.6. The van der Waals surface area contributed by atoms with Gasteiger partial charge < -0.3 is 14.2 Å². The molecule has 0 aromatic heterocycles. The molecule has 0 heterocycles. The fourth-order valence-corrected chi connectivity index (χ4v) is 7.94. The van der Waals surface area contributed by atoms with Gasteiger partial charge in [-0.3, -0.25) is 14.4 Å². The summed E-state index contributed by atoms with van der Waals surface area (Å²) in [5, 5.41) is 0. The molecule has 350 valence electrons. The van der Waals surface area contributed by atoms with Gasteiger partial charge in [0.1, 0.15) is 13.2 Å². The quantitative estimate of drug-likeness (QED) is 0.0345. The largest absolute Gasteiger partial charge is 0.462 e. The summed E-state index contributed by atoms with van der Waals surface area (Å²) in [5.41, 5.74) is 0. The molecule has 0 aromatic rings. The van der Waals surface area contributed by atoms with Crippen LogP contribution in [-0.2, 0) is 28.6 Å². The summed E-state index contributed by atoms with van der Waals surface area (Å²) >= 11 is 0. The van der Waals surface area contributed by atoms with Crippen LogP contribution in [0.4, 0.5) is 0 Å². The second-order valence-corrected chi connectivity index (χ2v) is 19.6. The molecule has 0 saturated carbocycles. The fourth-order valence-electron chi connectivity index (χ4n) is 7.94. The molecule has 1 atom stereocenters. The summed E-state index contributed by atoms with van der Waals surface area (Å²) in [4.78, 5) is 37.9. The second-order valence-electron chi connectivity index (χ2n) is 19.6. The third kappa shape index (κ3) is 47.3. The monoisotopic (exact) mass is 835 g/mol. The summed E-state index contributed by atoms with van der Waals surface area (Å²) in [6.07, 6.45) is 43.8. The second kappa shape index (κ2) is 44.5. The first-order valence-corrected chi connectivity index (χ1v) is 26.1. The molecule has 0 amide bonds. The highest BCUT2D eigenvalue weighted by atomic mass is 16.6. The normalized spacial score (nSPS) is 12.2. The number of esters is 3. The summed E-state index contributed by atoms with van der Waals surface area (Å²) in [6.45, 7) is 13.7. The summed E-state index contributed by atoms with van der Waals surface area (Å²) in [6, 6.07) is 0. The maximum absolute atomic E-state index is 12.8. The van der Waals surface area contributed by atoms with Crippen LogP contribution in [0.2, 0.25) is 0 Å². The van der Waals surface area contributed by atoms with Gasteiger partial charge in [-0.25, -0.2) is 0 Å². The lowest BCUT2D eigenvalue weighted by molar-refractivity contribution is -0.167. The Morgan fingerprint density at radius 2 is 0.492 bits per heavy atom. The van der Waals surface area contributed by atoms with Gasteiger partial charge >= 0.3 is 17.9 Å². The molecular formula is C53H102O6. The molecular weight excluding hydrogens is 733 g/mol. The van der Waals surface area contributed by atoms with Crippen molar-refractivity contribution in [1.29, 1.82) is 0 Å². The van der Waals surface area contributed by atoms with Crippen LogP contribution >= 0.6 is 0 Å². The molecule has 0 aliphatic rings. The van der Waals surface area contributed by atoms with E-state index in [4.69, 9.17) is 14.2 Å². The topological polar surface area (TPSA) is 78.9 Å². The van der Waals surface area contributed by atoms with Crippen LogP contribution in [0.15, 0.2) is 0 Å². The van der Waals surface area contributed by atoms with Gasteiger partial charge in [0.15, 0.2) is 6.10 Å². The van der Waals surface area contributed by atoms with Crippen LogP contribution < -0.4 is 0 Å². The molecule has 0 spiro atoms. The number of rotatable bonds is 46. The van der Waals surface area contributed by atoms with Crippen LogP contribution in [-0.4, -0.2) is 37.2 Å². The highest BCUT2D eigenvalue weighted by Crippen LogP contribution is 2.18. The number of ether oxygens (including phenoxy) is 3. The van der Waals surface area contributed by atoms with Crippen molar-refractivity contribution in [3.8, 4) is 0 Å². The Kier molecular flexibility index (Phi) is 43.3. The maximum Gasteiger partial charge on any atom is 0.306 e. The smallest absolute Gasteiger partial charge is 0.306 e. The van der Waals surface area contributed by atoms with Crippen molar-refractivity contribution in [2.75, 3.05) is 13.2 Å². The average Bonchev–Trinajstić information content (AvgIpc) is 3.19. The van der Waals surface area contributed by atoms with E-state index < -0.39 is 6.10 Å². The van der Waals surface area contributed by atoms with Crippen molar-refractivity contribution >= 4 is 17.9 Å². The number of carbonyl (C=O) groups is 3. The van der Waals surface area contributed by atoms with Crippen LogP contribution in [0.5, 0.6) is 0 Å². The van der Waals surface area contributed by atoms with Gasteiger partial charge in [-0.2, -0.15) is 0 Å². The van der Waals surface area contributed by atoms with E-state index in [0.29, 0.717) is 19.3 Å². The Bertz CT molecular complexity index is 914. The Balaban J connectivity index is 4.29. The van der Waals surface area contributed by atoms with Crippen LogP contribution in [0, 0.1) is 17.8 Å². The molecule has 0 aliphatic carbocycles. The minimum atomic E-state index is -0.763. The van der Waals surface area contributed by atoms with E-state index in [9.17, 15) is 14.4 Å². The van der Waals surface area contributed by atoms with Crippen molar-refractivity contribution in [3.63, 3.8) is 0 Å². The number of unbranched alkanes of at least 4 members (excludes halogenated alkanes) is 29. The van der Waals surface area contributed by atoms with Crippen molar-refractivity contribution in [3.05, 3.63) is 0 Å². The van der Waals surface area contributed by atoms with Gasteiger partial charge in [0, 0.05) is 19.3 Å². The van der Waals surface area contributed by atoms with Crippen LogP contribution in [0.25, 0.3) is 0 Å². The summed E-state index contributed by atoms with van der Waals surface area (Å²) in [5.74, 6) is 1.60. The Morgan fingerprint density at radius 1 is 0.288 bits per heavy atom. The first-order valence-electron chi connectivity index (χ1n) is 26.1. The number of carbonyl (C=O) groups excluding carboxylic acids is 3. The molecule has 0 fully saturated rings. The van der Waals surface area contributed by atoms with Crippen molar-refractivity contribution < 1.29 is 28.6 Å². The van der Waals surface area contributed by atoms with E-state index in [1.807, 2.05) is 0 Å². The lowest BCUT2D eigenvalue weighted by Crippen LogP contribution is -2.30. The minimum Gasteiger partial charge on any atom is -0.462 e. The zero-order valence-corrected chi connectivity index (χ0v) is 40.5. The zero-order chi connectivity index (χ0) is 43.4. The molecule has 0 radical (unpaired) electrons. The highest BCUT2D eigenvalue weighted by Gasteiger charge is 2.19. The molecule has 0 bridgehead atoms. The van der Waals surface area contributed by atoms with Gasteiger partial charge in [0.25, 0.3) is 0 Å². The average molecular weight is 835 g/mol. The van der Waals surface area contributed by atoms with Crippen molar-refractivity contribution in [2.45, 2.75) is 292 Å². The Hall–Kier alpha value is -1.59. The van der Waals surface area contributed by atoms with Gasteiger partial charge in [-0.05, 0) is 37.0 Å². The Morgan fingerprint density at radius 3 is 0.729 bits per heavy atom. The fraction of sp³-hybridized carbons (Fsp3) is 0.943. The molecule has 0 aliphatic heterocycles. The standard InChI is InChI=1S/C53H102O6/c1-47(2)39-33-27-21-16-12-9-7-8-10-14-19-25-32-38-44-53(56)59-50(46-58-52(55)43-37-31-26-20-23-29-35-41-49(5)6)45-57-51(54)42-36-30-24-18-15-11-13-17-22-28-34-40-48(3)4/h47-50H,7-46H2,1-6H3/t50-/m1/s1. The number of hydrogen-bond donors (Lipinski definition) is 0. The van der Waals surface area contributed by atoms with Gasteiger partial charge in [0.05, 0.1) is 0 Å². The molecule has 6 nitrogen and oxygen atoms in total. The molecule has 0 aromatic carbocycles. The first kappa shape index (κ1) is 57.4. The summed E-state index contributed by atoms with van der Waals surface area (Å²) in [7, 11) is 0. The van der Waals surface area contributed by atoms with Crippen LogP contribution in [0.1, 0.15) is 286 Å². The van der Waals surface area contributed by atoms with Crippen LogP contribution in [0.3, 0.4) is 0 Å². The number of hydrogen-bond acceptors (Lipinski definition) is 6. The van der Waals surface area contributed by atoms with E-state index in [0.717, 1.165) is 75.5 Å². The van der Waals surface area contributed by atoms with Gasteiger partial charge in [-0.1, -0.05) is 247 Å². The SMILES string of the molecule is CC(C)CCCCCCCCCCCCCCCCC(=O)O[C@H](COC(=O)CCCCCCCCCCCCCC(C)C)COC(=O)CCCCCCCCCC(C)C. The molecule has 0 rings (SSSR count). The maximum atomic E-state index is 12.8. The molecule has 6 heteroatoms. The van der Waals surface area contributed by atoms with E-state index in [2.05, 4.69) is 41.5 Å².